The minimum absolute atomic E-state index is 0.0282. The van der Waals surface area contributed by atoms with E-state index in [0.29, 0.717) is 11.4 Å². The monoisotopic (exact) mass is 450 g/mol. The molecule has 0 fully saturated rings. The van der Waals surface area contributed by atoms with Gasteiger partial charge in [0.15, 0.2) is 6.61 Å². The standard InChI is InChI=1S/C22H15ClN4O5/c23-19-13-15(27(30)31)7-10-17(19)21(28)26-20-4-2-1-3-18(20)22(29)25-14-5-8-16(9-6-14)32-12-11-24/h1-10,13H,12H2,(H,25,29)(H,26,28). The van der Waals surface area contributed by atoms with Crippen molar-refractivity contribution in [3.8, 4) is 11.8 Å². The van der Waals surface area contributed by atoms with Crippen molar-refractivity contribution < 1.29 is 19.2 Å². The third-order valence-corrected chi connectivity index (χ3v) is 4.56. The number of hydrogen-bond donors (Lipinski definition) is 2. The Bertz CT molecular complexity index is 1220. The quantitative estimate of drug-likeness (QED) is 0.397. The molecular formula is C22H15ClN4O5. The Morgan fingerprint density at radius 1 is 1.00 bits per heavy atom. The van der Waals surface area contributed by atoms with Crippen LogP contribution in [0.4, 0.5) is 17.1 Å². The number of nitro benzene ring substituents is 1. The molecule has 2 N–H and O–H groups in total. The number of nitrogens with one attached hydrogen (secondary N) is 2. The van der Waals surface area contributed by atoms with E-state index in [9.17, 15) is 19.7 Å². The van der Waals surface area contributed by atoms with Crippen molar-refractivity contribution >= 4 is 40.5 Å². The van der Waals surface area contributed by atoms with Gasteiger partial charge in [-0.15, -0.1) is 0 Å². The van der Waals surface area contributed by atoms with E-state index in [1.165, 1.54) is 18.2 Å². The number of non-ortho nitro benzene ring substituents is 1. The predicted octanol–water partition coefficient (Wildman–Crippen LogP) is 4.66. The molecule has 0 spiro atoms. The lowest BCUT2D eigenvalue weighted by Crippen LogP contribution is -2.18. The van der Waals surface area contributed by atoms with Crippen LogP contribution in [0.15, 0.2) is 66.7 Å². The molecule has 160 valence electrons. The highest BCUT2D eigenvalue weighted by Crippen LogP contribution is 2.25. The van der Waals surface area contributed by atoms with E-state index in [1.807, 2.05) is 6.07 Å². The van der Waals surface area contributed by atoms with Gasteiger partial charge < -0.3 is 15.4 Å². The van der Waals surface area contributed by atoms with Crippen LogP contribution in [0.25, 0.3) is 0 Å². The minimum atomic E-state index is -0.621. The first-order valence-electron chi connectivity index (χ1n) is 9.14. The first-order chi connectivity index (χ1) is 15.4. The first kappa shape index (κ1) is 22.3. The Kier molecular flexibility index (Phi) is 7.00. The van der Waals surface area contributed by atoms with Crippen LogP contribution < -0.4 is 15.4 Å². The fourth-order valence-corrected chi connectivity index (χ4v) is 2.99. The number of halogens is 1. The summed E-state index contributed by atoms with van der Waals surface area (Å²) in [5.74, 6) is -0.609. The van der Waals surface area contributed by atoms with Crippen molar-refractivity contribution in [2.45, 2.75) is 0 Å². The second-order valence-electron chi connectivity index (χ2n) is 6.35. The lowest BCUT2D eigenvalue weighted by Gasteiger charge is -2.12. The summed E-state index contributed by atoms with van der Waals surface area (Å²) in [6, 6.07) is 18.2. The van der Waals surface area contributed by atoms with Crippen LogP contribution in [0.2, 0.25) is 5.02 Å². The Balaban J connectivity index is 1.75. The summed E-state index contributed by atoms with van der Waals surface area (Å²) in [5.41, 5.74) is 0.705. The van der Waals surface area contributed by atoms with E-state index >= 15 is 0 Å². The maximum absolute atomic E-state index is 12.8. The number of nitrogens with zero attached hydrogens (tertiary/aromatic N) is 2. The fourth-order valence-electron chi connectivity index (χ4n) is 2.73. The Morgan fingerprint density at radius 3 is 2.34 bits per heavy atom. The molecule has 2 amide bonds. The second kappa shape index (κ2) is 10.1. The lowest BCUT2D eigenvalue weighted by molar-refractivity contribution is -0.384. The van der Waals surface area contributed by atoms with E-state index < -0.39 is 16.7 Å². The summed E-state index contributed by atoms with van der Waals surface area (Å²) >= 11 is 6.02. The zero-order chi connectivity index (χ0) is 23.1. The highest BCUT2D eigenvalue weighted by Gasteiger charge is 2.18. The number of carbonyl (C=O) groups excluding carboxylic acids is 2. The molecule has 0 aliphatic carbocycles. The molecule has 0 heterocycles. The molecule has 0 aromatic heterocycles. The average molecular weight is 451 g/mol. The fraction of sp³-hybridized carbons (Fsp3) is 0.0455. The molecule has 0 saturated carbocycles. The smallest absolute Gasteiger partial charge is 0.270 e. The van der Waals surface area contributed by atoms with E-state index in [1.54, 1.807) is 42.5 Å². The third kappa shape index (κ3) is 5.38. The molecule has 0 aliphatic rings. The summed E-state index contributed by atoms with van der Waals surface area (Å²) < 4.78 is 5.17. The van der Waals surface area contributed by atoms with Crippen molar-refractivity contribution in [2.75, 3.05) is 17.2 Å². The molecule has 9 nitrogen and oxygen atoms in total. The zero-order valence-corrected chi connectivity index (χ0v) is 17.1. The minimum Gasteiger partial charge on any atom is -0.479 e. The van der Waals surface area contributed by atoms with E-state index in [0.717, 1.165) is 6.07 Å². The number of anilines is 2. The number of benzene rings is 3. The molecule has 0 saturated heterocycles. The summed E-state index contributed by atoms with van der Waals surface area (Å²) in [4.78, 5) is 35.6. The first-order valence-corrected chi connectivity index (χ1v) is 9.52. The van der Waals surface area contributed by atoms with Gasteiger partial charge in [-0.05, 0) is 42.5 Å². The number of para-hydroxylation sites is 1. The highest BCUT2D eigenvalue weighted by molar-refractivity contribution is 6.34. The van der Waals surface area contributed by atoms with Gasteiger partial charge in [-0.1, -0.05) is 23.7 Å². The van der Waals surface area contributed by atoms with Gasteiger partial charge >= 0.3 is 0 Å². The largest absolute Gasteiger partial charge is 0.479 e. The Morgan fingerprint density at radius 2 is 1.69 bits per heavy atom. The summed E-state index contributed by atoms with van der Waals surface area (Å²) in [6.45, 7) is -0.0858. The van der Waals surface area contributed by atoms with Gasteiger partial charge in [0, 0.05) is 17.8 Å². The van der Waals surface area contributed by atoms with E-state index in [4.69, 9.17) is 21.6 Å². The number of amides is 2. The third-order valence-electron chi connectivity index (χ3n) is 4.24. The highest BCUT2D eigenvalue weighted by atomic mass is 35.5. The van der Waals surface area contributed by atoms with Crippen molar-refractivity contribution in [3.63, 3.8) is 0 Å². The van der Waals surface area contributed by atoms with Crippen molar-refractivity contribution in [2.24, 2.45) is 0 Å². The summed E-state index contributed by atoms with van der Waals surface area (Å²) in [5, 5.41) is 24.6. The molecule has 0 radical (unpaired) electrons. The molecule has 0 atom stereocenters. The van der Waals surface area contributed by atoms with Crippen LogP contribution in [0.1, 0.15) is 20.7 Å². The van der Waals surface area contributed by atoms with Gasteiger partial charge in [-0.3, -0.25) is 19.7 Å². The molecule has 0 bridgehead atoms. The molecule has 10 heteroatoms. The maximum atomic E-state index is 12.8. The number of carbonyl (C=O) groups is 2. The van der Waals surface area contributed by atoms with Crippen LogP contribution in [-0.2, 0) is 0 Å². The van der Waals surface area contributed by atoms with E-state index in [2.05, 4.69) is 10.6 Å². The van der Waals surface area contributed by atoms with Crippen LogP contribution in [-0.4, -0.2) is 23.3 Å². The molecule has 3 rings (SSSR count). The van der Waals surface area contributed by atoms with E-state index in [-0.39, 0.29) is 34.1 Å². The Labute approximate surface area is 187 Å². The van der Waals surface area contributed by atoms with Crippen LogP contribution in [0.3, 0.4) is 0 Å². The topological polar surface area (TPSA) is 134 Å². The maximum Gasteiger partial charge on any atom is 0.270 e. The molecular weight excluding hydrogens is 436 g/mol. The molecule has 3 aromatic rings. The van der Waals surface area contributed by atoms with Crippen molar-refractivity contribution in [1.82, 2.24) is 0 Å². The summed E-state index contributed by atoms with van der Waals surface area (Å²) in [7, 11) is 0. The molecule has 3 aromatic carbocycles. The summed E-state index contributed by atoms with van der Waals surface area (Å²) in [6.07, 6.45) is 0. The SMILES string of the molecule is N#CCOc1ccc(NC(=O)c2ccccc2NC(=O)c2ccc([N+](=O)[O-])cc2Cl)cc1. The van der Waals surface area contributed by atoms with Gasteiger partial charge in [0.2, 0.25) is 0 Å². The second-order valence-corrected chi connectivity index (χ2v) is 6.75. The lowest BCUT2D eigenvalue weighted by atomic mass is 10.1. The zero-order valence-electron chi connectivity index (χ0n) is 16.4. The average Bonchev–Trinajstić information content (AvgIpc) is 2.78. The Hall–Kier alpha value is -4.42. The van der Waals surface area contributed by atoms with Gasteiger partial charge in [0.25, 0.3) is 17.5 Å². The molecule has 0 aliphatic heterocycles. The molecule has 0 unspecified atom stereocenters. The van der Waals surface area contributed by atoms with Gasteiger partial charge in [-0.25, -0.2) is 0 Å². The normalized spacial score (nSPS) is 10.0. The number of hydrogen-bond acceptors (Lipinski definition) is 6. The number of nitro groups is 1. The number of rotatable bonds is 7. The van der Waals surface area contributed by atoms with Crippen molar-refractivity contribution in [3.05, 3.63) is 93.0 Å². The van der Waals surface area contributed by atoms with Crippen molar-refractivity contribution in [1.29, 1.82) is 5.26 Å². The number of nitriles is 1. The van der Waals surface area contributed by atoms with Crippen LogP contribution in [0, 0.1) is 21.4 Å². The van der Waals surface area contributed by atoms with Gasteiger partial charge in [0.05, 0.1) is 26.8 Å². The van der Waals surface area contributed by atoms with Crippen LogP contribution in [0.5, 0.6) is 5.75 Å². The predicted molar refractivity (Wildman–Crippen MR) is 118 cm³/mol. The van der Waals surface area contributed by atoms with Gasteiger partial charge in [0.1, 0.15) is 11.8 Å². The van der Waals surface area contributed by atoms with Crippen LogP contribution >= 0.6 is 11.6 Å². The number of ether oxygens (including phenoxy) is 1. The van der Waals surface area contributed by atoms with Gasteiger partial charge in [-0.2, -0.15) is 5.26 Å². The molecule has 32 heavy (non-hydrogen) atoms.